The van der Waals surface area contributed by atoms with Crippen molar-refractivity contribution in [1.29, 1.82) is 0 Å². The van der Waals surface area contributed by atoms with Crippen LogP contribution in [0.5, 0.6) is 0 Å². The second-order valence-corrected chi connectivity index (χ2v) is 6.94. The maximum absolute atomic E-state index is 11.9. The number of fused-ring (bicyclic) bond motifs is 1. The molecule has 0 fully saturated rings. The van der Waals surface area contributed by atoms with Crippen molar-refractivity contribution in [2.24, 2.45) is 12.1 Å². The molecule has 1 aromatic heterocycles. The molecule has 0 atom stereocenters. The zero-order chi connectivity index (χ0) is 16.9. The Labute approximate surface area is 152 Å². The average molecular weight is 403 g/mol. The Morgan fingerprint density at radius 3 is 2.96 bits per heavy atom. The molecule has 0 unspecified atom stereocenters. The van der Waals surface area contributed by atoms with E-state index in [0.29, 0.717) is 0 Å². The van der Waals surface area contributed by atoms with Crippen molar-refractivity contribution in [2.45, 2.75) is 5.16 Å². The number of para-hydroxylation sites is 2. The van der Waals surface area contributed by atoms with Gasteiger partial charge in [-0.25, -0.2) is 10.4 Å². The predicted molar refractivity (Wildman–Crippen MR) is 101 cm³/mol. The number of hydrazone groups is 1. The summed E-state index contributed by atoms with van der Waals surface area (Å²) in [4.78, 5) is 16.4. The Hall–Kier alpha value is -2.12. The molecule has 0 bridgehead atoms. The van der Waals surface area contributed by atoms with Gasteiger partial charge in [0.25, 0.3) is 5.91 Å². The molecule has 0 aliphatic heterocycles. The van der Waals surface area contributed by atoms with Gasteiger partial charge >= 0.3 is 0 Å². The third kappa shape index (κ3) is 4.04. The van der Waals surface area contributed by atoms with Gasteiger partial charge in [-0.05, 0) is 29.8 Å². The van der Waals surface area contributed by atoms with Gasteiger partial charge in [-0.15, -0.1) is 0 Å². The molecule has 1 heterocycles. The smallest absolute Gasteiger partial charge is 0.250 e. The zero-order valence-corrected chi connectivity index (χ0v) is 15.3. The van der Waals surface area contributed by atoms with Crippen molar-refractivity contribution in [3.05, 3.63) is 58.6 Å². The maximum Gasteiger partial charge on any atom is 0.250 e. The SMILES string of the molecule is Cn1c(SCC(=O)N/N=C/c2cccc(Br)c2)nc2ccccc21. The minimum atomic E-state index is -0.168. The number of nitrogens with one attached hydrogen (secondary N) is 1. The summed E-state index contributed by atoms with van der Waals surface area (Å²) in [7, 11) is 1.95. The molecular weight excluding hydrogens is 388 g/mol. The minimum absolute atomic E-state index is 0.168. The zero-order valence-electron chi connectivity index (χ0n) is 12.9. The summed E-state index contributed by atoms with van der Waals surface area (Å²) >= 11 is 4.78. The number of aromatic nitrogens is 2. The number of thioether (sulfide) groups is 1. The number of hydrogen-bond acceptors (Lipinski definition) is 4. The van der Waals surface area contributed by atoms with Crippen LogP contribution in [0.2, 0.25) is 0 Å². The number of amides is 1. The summed E-state index contributed by atoms with van der Waals surface area (Å²) in [6.45, 7) is 0. The number of imidazole rings is 1. The molecule has 3 rings (SSSR count). The molecule has 122 valence electrons. The molecule has 24 heavy (non-hydrogen) atoms. The lowest BCUT2D eigenvalue weighted by Gasteiger charge is -2.01. The van der Waals surface area contributed by atoms with E-state index in [1.807, 2.05) is 60.1 Å². The summed E-state index contributed by atoms with van der Waals surface area (Å²) in [5.74, 6) is 0.0887. The van der Waals surface area contributed by atoms with Crippen LogP contribution >= 0.6 is 27.7 Å². The molecular formula is C17H15BrN4OS. The first kappa shape index (κ1) is 16.7. The van der Waals surface area contributed by atoms with Crippen LogP contribution in [0.15, 0.2) is 63.3 Å². The second kappa shape index (κ2) is 7.63. The van der Waals surface area contributed by atoms with Gasteiger partial charge in [0.05, 0.1) is 23.0 Å². The van der Waals surface area contributed by atoms with Gasteiger partial charge in [0.15, 0.2) is 5.16 Å². The molecule has 5 nitrogen and oxygen atoms in total. The average Bonchev–Trinajstić information content (AvgIpc) is 2.90. The molecule has 3 aromatic rings. The third-order valence-corrected chi connectivity index (χ3v) is 4.85. The van der Waals surface area contributed by atoms with Gasteiger partial charge in [0, 0.05) is 11.5 Å². The highest BCUT2D eigenvalue weighted by atomic mass is 79.9. The van der Waals surface area contributed by atoms with Crippen LogP contribution < -0.4 is 5.43 Å². The molecule has 0 spiro atoms. The van der Waals surface area contributed by atoms with Crippen molar-refractivity contribution in [1.82, 2.24) is 15.0 Å². The predicted octanol–water partition coefficient (Wildman–Crippen LogP) is 3.58. The lowest BCUT2D eigenvalue weighted by atomic mass is 10.2. The number of carbonyl (C=O) groups is 1. The van der Waals surface area contributed by atoms with Crippen molar-refractivity contribution in [3.63, 3.8) is 0 Å². The van der Waals surface area contributed by atoms with E-state index in [1.165, 1.54) is 11.8 Å². The van der Waals surface area contributed by atoms with E-state index in [9.17, 15) is 4.79 Å². The number of carbonyl (C=O) groups excluding carboxylic acids is 1. The normalized spacial score (nSPS) is 11.2. The van der Waals surface area contributed by atoms with Crippen LogP contribution in [0.3, 0.4) is 0 Å². The van der Waals surface area contributed by atoms with Crippen LogP contribution in [0.4, 0.5) is 0 Å². The molecule has 0 aliphatic rings. The van der Waals surface area contributed by atoms with Crippen LogP contribution in [0.25, 0.3) is 11.0 Å². The number of hydrogen-bond donors (Lipinski definition) is 1. The lowest BCUT2D eigenvalue weighted by molar-refractivity contribution is -0.118. The first-order valence-electron chi connectivity index (χ1n) is 7.25. The van der Waals surface area contributed by atoms with Crippen molar-refractivity contribution in [3.8, 4) is 0 Å². The number of nitrogens with zero attached hydrogens (tertiary/aromatic N) is 3. The van der Waals surface area contributed by atoms with Crippen molar-refractivity contribution in [2.75, 3.05) is 5.75 Å². The van der Waals surface area contributed by atoms with Gasteiger partial charge in [-0.2, -0.15) is 5.10 Å². The third-order valence-electron chi connectivity index (χ3n) is 3.33. The number of rotatable bonds is 5. The molecule has 7 heteroatoms. The largest absolute Gasteiger partial charge is 0.322 e. The number of aryl methyl sites for hydroxylation is 1. The van der Waals surface area contributed by atoms with E-state index >= 15 is 0 Å². The lowest BCUT2D eigenvalue weighted by Crippen LogP contribution is -2.19. The Morgan fingerprint density at radius 2 is 2.17 bits per heavy atom. The fraction of sp³-hybridized carbons (Fsp3) is 0.118. The molecule has 0 saturated carbocycles. The summed E-state index contributed by atoms with van der Waals surface area (Å²) in [6, 6.07) is 15.6. The Kier molecular flexibility index (Phi) is 5.32. The maximum atomic E-state index is 11.9. The quantitative estimate of drug-likeness (QED) is 0.403. The monoisotopic (exact) mass is 402 g/mol. The summed E-state index contributed by atoms with van der Waals surface area (Å²) in [5, 5.41) is 4.78. The van der Waals surface area contributed by atoms with Crippen molar-refractivity contribution < 1.29 is 4.79 Å². The fourth-order valence-corrected chi connectivity index (χ4v) is 3.38. The summed E-state index contributed by atoms with van der Waals surface area (Å²) in [5.41, 5.74) is 5.42. The molecule has 0 aliphatic carbocycles. The summed E-state index contributed by atoms with van der Waals surface area (Å²) < 4.78 is 2.95. The van der Waals surface area contributed by atoms with Crippen molar-refractivity contribution >= 4 is 50.8 Å². The van der Waals surface area contributed by atoms with E-state index in [-0.39, 0.29) is 11.7 Å². The van der Waals surface area contributed by atoms with Crippen LogP contribution in [-0.2, 0) is 11.8 Å². The Morgan fingerprint density at radius 1 is 1.33 bits per heavy atom. The molecule has 1 N–H and O–H groups in total. The number of benzene rings is 2. The molecule has 0 saturated heterocycles. The molecule has 1 amide bonds. The van der Waals surface area contributed by atoms with E-state index in [1.54, 1.807) is 6.21 Å². The Balaban J connectivity index is 1.56. The van der Waals surface area contributed by atoms with E-state index in [0.717, 1.165) is 26.2 Å². The molecule has 0 radical (unpaired) electrons. The Bertz CT molecular complexity index is 906. The second-order valence-electron chi connectivity index (χ2n) is 5.08. The number of halogens is 1. The minimum Gasteiger partial charge on any atom is -0.322 e. The summed E-state index contributed by atoms with van der Waals surface area (Å²) in [6.07, 6.45) is 1.61. The first-order valence-corrected chi connectivity index (χ1v) is 9.03. The first-order chi connectivity index (χ1) is 11.6. The highest BCUT2D eigenvalue weighted by molar-refractivity contribution is 9.10. The molecule has 2 aromatic carbocycles. The van der Waals surface area contributed by atoms with E-state index < -0.39 is 0 Å². The standard InChI is InChI=1S/C17H15BrN4OS/c1-22-15-8-3-2-7-14(15)20-17(22)24-11-16(23)21-19-10-12-5-4-6-13(18)9-12/h2-10H,11H2,1H3,(H,21,23)/b19-10+. The fourth-order valence-electron chi connectivity index (χ4n) is 2.18. The van der Waals surface area contributed by atoms with Gasteiger partial charge < -0.3 is 4.57 Å². The van der Waals surface area contributed by atoms with E-state index in [2.05, 4.69) is 31.4 Å². The van der Waals surface area contributed by atoms with Crippen LogP contribution in [0.1, 0.15) is 5.56 Å². The van der Waals surface area contributed by atoms with Crippen LogP contribution in [-0.4, -0.2) is 27.4 Å². The van der Waals surface area contributed by atoms with Gasteiger partial charge in [0.1, 0.15) is 0 Å². The van der Waals surface area contributed by atoms with E-state index in [4.69, 9.17) is 0 Å². The van der Waals surface area contributed by atoms with Crippen LogP contribution in [0, 0.1) is 0 Å². The highest BCUT2D eigenvalue weighted by Crippen LogP contribution is 2.22. The van der Waals surface area contributed by atoms with Gasteiger partial charge in [-0.1, -0.05) is 52.0 Å². The topological polar surface area (TPSA) is 59.3 Å². The van der Waals surface area contributed by atoms with Gasteiger partial charge in [-0.3, -0.25) is 4.79 Å². The highest BCUT2D eigenvalue weighted by Gasteiger charge is 2.09. The van der Waals surface area contributed by atoms with Gasteiger partial charge in [0.2, 0.25) is 0 Å².